The molecule has 1 heterocycles. The lowest BCUT2D eigenvalue weighted by molar-refractivity contribution is 0.173. The van der Waals surface area contributed by atoms with Crippen molar-refractivity contribution in [2.24, 2.45) is 0 Å². The van der Waals surface area contributed by atoms with Crippen LogP contribution in [0, 0.1) is 0 Å². The predicted octanol–water partition coefficient (Wildman–Crippen LogP) is 1.84. The fourth-order valence-corrected chi connectivity index (χ4v) is 2.73. The lowest BCUT2D eigenvalue weighted by atomic mass is 10.1. The molecular weight excluding hydrogens is 210 g/mol. The van der Waals surface area contributed by atoms with Crippen molar-refractivity contribution in [3.8, 4) is 0 Å². The quantitative estimate of drug-likeness (QED) is 0.743. The van der Waals surface area contributed by atoms with E-state index >= 15 is 0 Å². The largest absolute Gasteiger partial charge is 0.317 e. The predicted molar refractivity (Wildman–Crippen MR) is 75.5 cm³/mol. The van der Waals surface area contributed by atoms with Crippen molar-refractivity contribution in [3.63, 3.8) is 0 Å². The van der Waals surface area contributed by atoms with E-state index in [1.165, 1.54) is 38.9 Å². The molecule has 102 valence electrons. The fraction of sp³-hybridized carbons (Fsp3) is 1.00. The second-order valence-corrected chi connectivity index (χ2v) is 5.76. The summed E-state index contributed by atoms with van der Waals surface area (Å²) in [6.45, 7) is 13.8. The molecule has 0 spiro atoms. The Labute approximate surface area is 107 Å². The SMILES string of the molecule is CC(C)N(CCNC1CCCNCC1)C(C)C. The van der Waals surface area contributed by atoms with E-state index in [2.05, 4.69) is 43.2 Å². The van der Waals surface area contributed by atoms with Crippen molar-refractivity contribution in [1.29, 1.82) is 0 Å². The van der Waals surface area contributed by atoms with Crippen LogP contribution in [-0.4, -0.2) is 49.2 Å². The van der Waals surface area contributed by atoms with E-state index in [1.54, 1.807) is 0 Å². The molecule has 1 rings (SSSR count). The van der Waals surface area contributed by atoms with Gasteiger partial charge in [-0.2, -0.15) is 0 Å². The molecular formula is C14H31N3. The summed E-state index contributed by atoms with van der Waals surface area (Å²) in [5, 5.41) is 7.18. The molecule has 1 unspecified atom stereocenters. The van der Waals surface area contributed by atoms with Crippen LogP contribution in [0.2, 0.25) is 0 Å². The van der Waals surface area contributed by atoms with Gasteiger partial charge in [0.05, 0.1) is 0 Å². The maximum Gasteiger partial charge on any atom is 0.0112 e. The summed E-state index contributed by atoms with van der Waals surface area (Å²) < 4.78 is 0. The monoisotopic (exact) mass is 241 g/mol. The first-order valence-electron chi connectivity index (χ1n) is 7.31. The summed E-state index contributed by atoms with van der Waals surface area (Å²) in [7, 11) is 0. The molecule has 0 aromatic heterocycles. The number of nitrogens with zero attached hydrogens (tertiary/aromatic N) is 1. The van der Waals surface area contributed by atoms with E-state index in [0.29, 0.717) is 12.1 Å². The third-order valence-corrected chi connectivity index (χ3v) is 3.71. The van der Waals surface area contributed by atoms with Crippen molar-refractivity contribution in [1.82, 2.24) is 15.5 Å². The second-order valence-electron chi connectivity index (χ2n) is 5.76. The molecule has 1 fully saturated rings. The highest BCUT2D eigenvalue weighted by molar-refractivity contribution is 4.74. The van der Waals surface area contributed by atoms with Crippen LogP contribution in [0.5, 0.6) is 0 Å². The van der Waals surface area contributed by atoms with Gasteiger partial charge < -0.3 is 10.6 Å². The molecule has 1 aliphatic rings. The lowest BCUT2D eigenvalue weighted by Crippen LogP contribution is -2.43. The van der Waals surface area contributed by atoms with Crippen molar-refractivity contribution >= 4 is 0 Å². The smallest absolute Gasteiger partial charge is 0.0112 e. The van der Waals surface area contributed by atoms with Crippen LogP contribution in [0.15, 0.2) is 0 Å². The van der Waals surface area contributed by atoms with Crippen LogP contribution >= 0.6 is 0 Å². The summed E-state index contributed by atoms with van der Waals surface area (Å²) in [5.41, 5.74) is 0. The molecule has 1 aliphatic heterocycles. The van der Waals surface area contributed by atoms with Gasteiger partial charge in [0, 0.05) is 31.2 Å². The average molecular weight is 241 g/mol. The van der Waals surface area contributed by atoms with E-state index < -0.39 is 0 Å². The third kappa shape index (κ3) is 5.84. The normalized spacial score (nSPS) is 22.4. The van der Waals surface area contributed by atoms with Crippen molar-refractivity contribution in [3.05, 3.63) is 0 Å². The molecule has 0 aliphatic carbocycles. The third-order valence-electron chi connectivity index (χ3n) is 3.71. The first-order chi connectivity index (χ1) is 8.11. The highest BCUT2D eigenvalue weighted by Gasteiger charge is 2.14. The maximum atomic E-state index is 3.72. The Morgan fingerprint density at radius 2 is 1.82 bits per heavy atom. The number of hydrogen-bond donors (Lipinski definition) is 2. The molecule has 0 saturated carbocycles. The summed E-state index contributed by atoms with van der Waals surface area (Å²) >= 11 is 0. The molecule has 17 heavy (non-hydrogen) atoms. The maximum absolute atomic E-state index is 3.72. The minimum atomic E-state index is 0.646. The highest BCUT2D eigenvalue weighted by Crippen LogP contribution is 2.06. The summed E-state index contributed by atoms with van der Waals surface area (Å²) in [5.74, 6) is 0. The molecule has 3 nitrogen and oxygen atoms in total. The minimum Gasteiger partial charge on any atom is -0.317 e. The van der Waals surface area contributed by atoms with Gasteiger partial charge in [-0.1, -0.05) is 0 Å². The Kier molecular flexibility index (Phi) is 7.09. The zero-order chi connectivity index (χ0) is 12.7. The van der Waals surface area contributed by atoms with Crippen molar-refractivity contribution < 1.29 is 0 Å². The Morgan fingerprint density at radius 1 is 1.12 bits per heavy atom. The van der Waals surface area contributed by atoms with Crippen LogP contribution in [0.3, 0.4) is 0 Å². The van der Waals surface area contributed by atoms with Crippen LogP contribution < -0.4 is 10.6 Å². The summed E-state index contributed by atoms with van der Waals surface area (Å²) in [4.78, 5) is 2.56. The average Bonchev–Trinajstić information content (AvgIpc) is 2.51. The van der Waals surface area contributed by atoms with Gasteiger partial charge in [-0.3, -0.25) is 4.90 Å². The molecule has 1 atom stereocenters. The number of rotatable bonds is 6. The number of hydrogen-bond acceptors (Lipinski definition) is 3. The van der Waals surface area contributed by atoms with Gasteiger partial charge >= 0.3 is 0 Å². The van der Waals surface area contributed by atoms with Crippen molar-refractivity contribution in [2.45, 2.75) is 65.1 Å². The molecule has 0 aromatic carbocycles. The molecule has 0 amide bonds. The number of nitrogens with one attached hydrogen (secondary N) is 2. The molecule has 3 heteroatoms. The lowest BCUT2D eigenvalue weighted by Gasteiger charge is -2.31. The van der Waals surface area contributed by atoms with Crippen LogP contribution in [0.25, 0.3) is 0 Å². The Balaban J connectivity index is 2.20. The van der Waals surface area contributed by atoms with Crippen LogP contribution in [-0.2, 0) is 0 Å². The molecule has 0 aromatic rings. The van der Waals surface area contributed by atoms with Gasteiger partial charge in [0.2, 0.25) is 0 Å². The van der Waals surface area contributed by atoms with Gasteiger partial charge in [0.15, 0.2) is 0 Å². The Morgan fingerprint density at radius 3 is 2.47 bits per heavy atom. The Bertz CT molecular complexity index is 176. The van der Waals surface area contributed by atoms with Gasteiger partial charge in [0.1, 0.15) is 0 Å². The van der Waals surface area contributed by atoms with Gasteiger partial charge in [-0.05, 0) is 60.0 Å². The molecule has 1 saturated heterocycles. The summed E-state index contributed by atoms with van der Waals surface area (Å²) in [6, 6.07) is 2.02. The molecule has 0 radical (unpaired) electrons. The Hall–Kier alpha value is -0.120. The highest BCUT2D eigenvalue weighted by atomic mass is 15.2. The fourth-order valence-electron chi connectivity index (χ4n) is 2.73. The van der Waals surface area contributed by atoms with E-state index in [1.807, 2.05) is 0 Å². The standard InChI is InChI=1S/C14H31N3/c1-12(2)17(13(3)4)11-10-16-14-6-5-8-15-9-7-14/h12-16H,5-11H2,1-4H3. The van der Waals surface area contributed by atoms with E-state index in [-0.39, 0.29) is 0 Å². The van der Waals surface area contributed by atoms with E-state index in [9.17, 15) is 0 Å². The minimum absolute atomic E-state index is 0.646. The topological polar surface area (TPSA) is 27.3 Å². The van der Waals surface area contributed by atoms with Gasteiger partial charge in [0.25, 0.3) is 0 Å². The van der Waals surface area contributed by atoms with Gasteiger partial charge in [-0.25, -0.2) is 0 Å². The van der Waals surface area contributed by atoms with E-state index in [0.717, 1.165) is 12.6 Å². The zero-order valence-corrected chi connectivity index (χ0v) is 12.1. The van der Waals surface area contributed by atoms with E-state index in [4.69, 9.17) is 0 Å². The molecule has 2 N–H and O–H groups in total. The zero-order valence-electron chi connectivity index (χ0n) is 12.1. The summed E-state index contributed by atoms with van der Waals surface area (Å²) in [6.07, 6.45) is 3.93. The second kappa shape index (κ2) is 8.06. The van der Waals surface area contributed by atoms with Crippen LogP contribution in [0.1, 0.15) is 47.0 Å². The van der Waals surface area contributed by atoms with Crippen LogP contribution in [0.4, 0.5) is 0 Å². The van der Waals surface area contributed by atoms with Gasteiger partial charge in [-0.15, -0.1) is 0 Å². The molecule has 0 bridgehead atoms. The first kappa shape index (κ1) is 14.9. The van der Waals surface area contributed by atoms with Crippen molar-refractivity contribution in [2.75, 3.05) is 26.2 Å². The first-order valence-corrected chi connectivity index (χ1v) is 7.31.